The Morgan fingerprint density at radius 1 is 1.41 bits per heavy atom. The van der Waals surface area contributed by atoms with Crippen molar-refractivity contribution in [1.82, 2.24) is 9.55 Å². The minimum atomic E-state index is -0.382. The van der Waals surface area contributed by atoms with Crippen molar-refractivity contribution in [3.05, 3.63) is 27.1 Å². The van der Waals surface area contributed by atoms with Crippen LogP contribution in [0.3, 0.4) is 0 Å². The third kappa shape index (κ3) is 3.38. The highest BCUT2D eigenvalue weighted by Crippen LogP contribution is 2.27. The van der Waals surface area contributed by atoms with E-state index in [0.29, 0.717) is 27.2 Å². The minimum absolute atomic E-state index is 0.0709. The van der Waals surface area contributed by atoms with Crippen molar-refractivity contribution in [2.24, 2.45) is 0 Å². The summed E-state index contributed by atoms with van der Waals surface area (Å²) in [5.41, 5.74) is 0.603. The molecule has 22 heavy (non-hydrogen) atoms. The summed E-state index contributed by atoms with van der Waals surface area (Å²) in [6.07, 6.45) is 4.53. The molecule has 0 aliphatic heterocycles. The molecule has 0 atom stereocenters. The van der Waals surface area contributed by atoms with E-state index in [-0.39, 0.29) is 17.6 Å². The van der Waals surface area contributed by atoms with Crippen molar-refractivity contribution in [2.45, 2.75) is 59.6 Å². The number of carbonyl (C=O) groups excluding carboxylic acids is 1. The third-order valence-corrected chi connectivity index (χ3v) is 4.63. The highest BCUT2D eigenvalue weighted by molar-refractivity contribution is 7.20. The summed E-state index contributed by atoms with van der Waals surface area (Å²) in [6, 6.07) is 0. The van der Waals surface area contributed by atoms with Gasteiger partial charge < -0.3 is 4.74 Å². The van der Waals surface area contributed by atoms with E-state index in [1.807, 2.05) is 0 Å². The molecule has 5 nitrogen and oxygen atoms in total. The maximum absolute atomic E-state index is 12.6. The second-order valence-corrected chi connectivity index (χ2v) is 6.64. The normalized spacial score (nSPS) is 11.3. The van der Waals surface area contributed by atoms with E-state index in [1.165, 1.54) is 11.3 Å². The number of hydrogen-bond donors (Lipinski definition) is 0. The van der Waals surface area contributed by atoms with Crippen LogP contribution in [0.1, 0.15) is 55.3 Å². The number of fused-ring (bicyclic) bond motifs is 1. The molecule has 0 amide bonds. The van der Waals surface area contributed by atoms with Gasteiger partial charge in [0.2, 0.25) is 0 Å². The molecule has 0 fully saturated rings. The average Bonchev–Trinajstić information content (AvgIpc) is 2.79. The number of rotatable bonds is 6. The van der Waals surface area contributed by atoms with Gasteiger partial charge in [0.15, 0.2) is 0 Å². The van der Waals surface area contributed by atoms with E-state index in [0.717, 1.165) is 19.3 Å². The second-order valence-electron chi connectivity index (χ2n) is 5.64. The topological polar surface area (TPSA) is 61.2 Å². The number of ether oxygens (including phenoxy) is 1. The fourth-order valence-corrected chi connectivity index (χ4v) is 3.34. The molecule has 0 aromatic carbocycles. The van der Waals surface area contributed by atoms with E-state index < -0.39 is 0 Å². The molecule has 0 unspecified atom stereocenters. The van der Waals surface area contributed by atoms with E-state index in [2.05, 4.69) is 11.9 Å². The number of aryl methyl sites for hydroxylation is 2. The summed E-state index contributed by atoms with van der Waals surface area (Å²) in [7, 11) is 0. The van der Waals surface area contributed by atoms with E-state index in [1.54, 1.807) is 31.7 Å². The van der Waals surface area contributed by atoms with Crippen LogP contribution in [-0.2, 0) is 11.3 Å². The van der Waals surface area contributed by atoms with E-state index in [9.17, 15) is 9.59 Å². The molecule has 2 aromatic rings. The van der Waals surface area contributed by atoms with Crippen molar-refractivity contribution < 1.29 is 9.53 Å². The zero-order valence-electron chi connectivity index (χ0n) is 13.5. The molecule has 0 aliphatic rings. The zero-order chi connectivity index (χ0) is 16.3. The van der Waals surface area contributed by atoms with Gasteiger partial charge in [0.1, 0.15) is 9.71 Å². The Kier molecular flexibility index (Phi) is 5.34. The predicted molar refractivity (Wildman–Crippen MR) is 88.7 cm³/mol. The fraction of sp³-hybridized carbons (Fsp3) is 0.562. The van der Waals surface area contributed by atoms with Crippen molar-refractivity contribution in [1.29, 1.82) is 0 Å². The first-order valence-electron chi connectivity index (χ1n) is 7.65. The van der Waals surface area contributed by atoms with Crippen LogP contribution in [0.25, 0.3) is 10.2 Å². The summed E-state index contributed by atoms with van der Waals surface area (Å²) >= 11 is 1.23. The first-order valence-corrected chi connectivity index (χ1v) is 8.46. The summed E-state index contributed by atoms with van der Waals surface area (Å²) < 4.78 is 6.87. The van der Waals surface area contributed by atoms with Crippen molar-refractivity contribution in [2.75, 3.05) is 0 Å². The Balaban J connectivity index is 2.40. The highest BCUT2D eigenvalue weighted by Gasteiger charge is 2.21. The zero-order valence-corrected chi connectivity index (χ0v) is 14.3. The van der Waals surface area contributed by atoms with E-state index in [4.69, 9.17) is 4.74 Å². The van der Waals surface area contributed by atoms with Crippen molar-refractivity contribution >= 4 is 27.5 Å². The van der Waals surface area contributed by atoms with Gasteiger partial charge in [-0.05, 0) is 32.8 Å². The van der Waals surface area contributed by atoms with Crippen molar-refractivity contribution in [3.8, 4) is 0 Å². The average molecular weight is 322 g/mol. The molecular formula is C16H22N2O3S. The molecule has 0 saturated heterocycles. The van der Waals surface area contributed by atoms with Gasteiger partial charge in [-0.25, -0.2) is 9.78 Å². The molecule has 0 spiro atoms. The lowest BCUT2D eigenvalue weighted by molar-refractivity contribution is 0.0383. The molecule has 0 N–H and O–H groups in total. The number of aromatic nitrogens is 2. The summed E-state index contributed by atoms with van der Waals surface area (Å²) in [4.78, 5) is 30.1. The number of hydrogen-bond acceptors (Lipinski definition) is 5. The van der Waals surface area contributed by atoms with Gasteiger partial charge >= 0.3 is 5.97 Å². The molecular weight excluding hydrogens is 300 g/mol. The van der Waals surface area contributed by atoms with Gasteiger partial charge in [-0.1, -0.05) is 19.8 Å². The molecule has 2 rings (SSSR count). The Bertz CT molecular complexity index is 731. The lowest BCUT2D eigenvalue weighted by atomic mass is 10.2. The molecule has 2 heterocycles. The number of thiophene rings is 1. The number of nitrogens with zero attached hydrogens (tertiary/aromatic N) is 2. The smallest absolute Gasteiger partial charge is 0.348 e. The second kappa shape index (κ2) is 7.05. The molecule has 0 radical (unpaired) electrons. The standard InChI is InChI=1S/C16H22N2O3S/c1-5-6-7-8-18-9-17-14-12(15(18)19)11(4)13(22-14)16(20)21-10(2)3/h9-10H,5-8H2,1-4H3. The van der Waals surface area contributed by atoms with Crippen LogP contribution in [0, 0.1) is 6.92 Å². The highest BCUT2D eigenvalue weighted by atomic mass is 32.1. The van der Waals surface area contributed by atoms with Crippen LogP contribution < -0.4 is 5.56 Å². The van der Waals surface area contributed by atoms with Gasteiger partial charge in [-0.15, -0.1) is 11.3 Å². The quantitative estimate of drug-likeness (QED) is 0.603. The number of esters is 1. The van der Waals surface area contributed by atoms with E-state index >= 15 is 0 Å². The predicted octanol–water partition coefficient (Wildman–Crippen LogP) is 3.52. The minimum Gasteiger partial charge on any atom is -0.459 e. The summed E-state index contributed by atoms with van der Waals surface area (Å²) in [6.45, 7) is 8.19. The molecule has 0 bridgehead atoms. The van der Waals surface area contributed by atoms with Crippen LogP contribution in [0.5, 0.6) is 0 Å². The van der Waals surface area contributed by atoms with Gasteiger partial charge in [-0.3, -0.25) is 9.36 Å². The monoisotopic (exact) mass is 322 g/mol. The summed E-state index contributed by atoms with van der Waals surface area (Å²) in [5.74, 6) is -0.382. The Morgan fingerprint density at radius 3 is 2.77 bits per heavy atom. The summed E-state index contributed by atoms with van der Waals surface area (Å²) in [5, 5.41) is 0.541. The lowest BCUT2D eigenvalue weighted by Crippen LogP contribution is -2.20. The lowest BCUT2D eigenvalue weighted by Gasteiger charge is -2.06. The van der Waals surface area contributed by atoms with Gasteiger partial charge in [0.25, 0.3) is 5.56 Å². The fourth-order valence-electron chi connectivity index (χ4n) is 2.31. The molecule has 120 valence electrons. The largest absolute Gasteiger partial charge is 0.459 e. The maximum atomic E-state index is 12.6. The van der Waals surface area contributed by atoms with Crippen LogP contribution in [0.2, 0.25) is 0 Å². The SMILES string of the molecule is CCCCCn1cnc2sc(C(=O)OC(C)C)c(C)c2c1=O. The first kappa shape index (κ1) is 16.7. The number of unbranched alkanes of at least 4 members (excludes halogenated alkanes) is 2. The van der Waals surface area contributed by atoms with Gasteiger partial charge in [-0.2, -0.15) is 0 Å². The van der Waals surface area contributed by atoms with Crippen LogP contribution in [-0.4, -0.2) is 21.6 Å². The molecule has 0 aliphatic carbocycles. The van der Waals surface area contributed by atoms with Gasteiger partial charge in [0.05, 0.1) is 17.8 Å². The Hall–Kier alpha value is -1.69. The van der Waals surface area contributed by atoms with Crippen molar-refractivity contribution in [3.63, 3.8) is 0 Å². The molecule has 0 saturated carbocycles. The maximum Gasteiger partial charge on any atom is 0.348 e. The van der Waals surface area contributed by atoms with Gasteiger partial charge in [0, 0.05) is 6.54 Å². The van der Waals surface area contributed by atoms with Crippen LogP contribution in [0.4, 0.5) is 0 Å². The first-order chi connectivity index (χ1) is 10.5. The Morgan fingerprint density at radius 2 is 2.14 bits per heavy atom. The van der Waals surface area contributed by atoms with Crippen LogP contribution in [0.15, 0.2) is 11.1 Å². The molecule has 6 heteroatoms. The molecule has 2 aromatic heterocycles. The Labute approximate surface area is 133 Å². The third-order valence-electron chi connectivity index (χ3n) is 3.45. The van der Waals surface area contributed by atoms with Crippen LogP contribution >= 0.6 is 11.3 Å². The number of carbonyl (C=O) groups is 1.